The molecule has 1 aromatic carbocycles. The number of hydrogen-bond acceptors (Lipinski definition) is 5. The van der Waals surface area contributed by atoms with Gasteiger partial charge in [0.15, 0.2) is 0 Å². The number of benzene rings is 1. The lowest BCUT2D eigenvalue weighted by Crippen LogP contribution is -2.31. The number of likely N-dealkylation sites (tertiary alicyclic amines) is 1. The summed E-state index contributed by atoms with van der Waals surface area (Å²) in [5, 5.41) is 15.5. The molecule has 32 heavy (non-hydrogen) atoms. The lowest BCUT2D eigenvalue weighted by atomic mass is 9.94. The van der Waals surface area contributed by atoms with Crippen LogP contribution in [0.2, 0.25) is 0 Å². The zero-order valence-corrected chi connectivity index (χ0v) is 18.1. The van der Waals surface area contributed by atoms with Gasteiger partial charge in [-0.15, -0.1) is 0 Å². The third kappa shape index (κ3) is 3.59. The molecule has 0 aliphatic carbocycles. The molecular weight excluding hydrogens is 413 g/mol. The number of carbonyl (C=O) groups excluding carboxylic acids is 2. The highest BCUT2D eigenvalue weighted by molar-refractivity contribution is 6.46. The molecule has 4 rings (SSSR count). The summed E-state index contributed by atoms with van der Waals surface area (Å²) in [6.07, 6.45) is 5.65. The van der Waals surface area contributed by atoms with Crippen molar-refractivity contribution < 1.29 is 19.1 Å². The minimum atomic E-state index is -1.03. The van der Waals surface area contributed by atoms with E-state index < -0.39 is 23.5 Å². The summed E-state index contributed by atoms with van der Waals surface area (Å²) in [6.45, 7) is 4.26. The largest absolute Gasteiger partial charge is 0.507 e. The highest BCUT2D eigenvalue weighted by Crippen LogP contribution is 2.41. The van der Waals surface area contributed by atoms with Crippen LogP contribution in [0.25, 0.3) is 5.76 Å². The number of Topliss-reactive ketones (excluding diaryl/α,β-unsaturated/α-hetero) is 1. The third-order valence-electron chi connectivity index (χ3n) is 5.86. The Kier molecular flexibility index (Phi) is 5.65. The molecule has 0 unspecified atom stereocenters. The Hall–Kier alpha value is -3.75. The zero-order chi connectivity index (χ0) is 23.0. The van der Waals surface area contributed by atoms with Crippen LogP contribution in [0.3, 0.4) is 0 Å². The van der Waals surface area contributed by atoms with Crippen LogP contribution in [-0.2, 0) is 23.2 Å². The standard InChI is InChI=1S/C23H24FN5O3/c1-14-18(15(2)27(3)26-14)21(30)19-20(16-7-4-5-8-17(16)24)29(23(32)22(19)31)11-6-10-28-12-9-25-13-28/h4-5,7-9,12-13,20,30H,6,10-11H2,1-3H3/b21-19+/t20-/m1/s1. The van der Waals surface area contributed by atoms with Gasteiger partial charge in [0.2, 0.25) is 0 Å². The number of imidazole rings is 1. The fourth-order valence-electron chi connectivity index (χ4n) is 4.22. The average Bonchev–Trinajstić information content (AvgIpc) is 3.42. The molecule has 9 heteroatoms. The first kappa shape index (κ1) is 21.5. The second-order valence-corrected chi connectivity index (χ2v) is 7.84. The number of aliphatic hydroxyl groups is 1. The molecule has 8 nitrogen and oxygen atoms in total. The highest BCUT2D eigenvalue weighted by Gasteiger charge is 2.47. The summed E-state index contributed by atoms with van der Waals surface area (Å²) in [4.78, 5) is 31.4. The van der Waals surface area contributed by atoms with Gasteiger partial charge in [0, 0.05) is 43.8 Å². The van der Waals surface area contributed by atoms with Crippen molar-refractivity contribution in [3.63, 3.8) is 0 Å². The minimum absolute atomic E-state index is 0.123. The van der Waals surface area contributed by atoms with Crippen LogP contribution in [0.4, 0.5) is 4.39 Å². The predicted molar refractivity (Wildman–Crippen MR) is 115 cm³/mol. The summed E-state index contributed by atoms with van der Waals surface area (Å²) in [6, 6.07) is 4.97. The molecule has 1 aliphatic rings. The van der Waals surface area contributed by atoms with Gasteiger partial charge in [-0.1, -0.05) is 18.2 Å². The number of aromatic nitrogens is 4. The van der Waals surface area contributed by atoms with Crippen LogP contribution >= 0.6 is 0 Å². The molecule has 166 valence electrons. The van der Waals surface area contributed by atoms with Crippen LogP contribution in [0.1, 0.15) is 35.0 Å². The maximum Gasteiger partial charge on any atom is 0.295 e. The van der Waals surface area contributed by atoms with E-state index >= 15 is 0 Å². The van der Waals surface area contributed by atoms with E-state index in [2.05, 4.69) is 10.1 Å². The molecule has 1 amide bonds. The molecule has 3 heterocycles. The van der Waals surface area contributed by atoms with Gasteiger partial charge in [0.05, 0.1) is 29.2 Å². The first-order chi connectivity index (χ1) is 15.3. The van der Waals surface area contributed by atoms with Gasteiger partial charge in [-0.05, 0) is 26.3 Å². The number of hydrogen-bond donors (Lipinski definition) is 1. The Morgan fingerprint density at radius 1 is 1.19 bits per heavy atom. The lowest BCUT2D eigenvalue weighted by molar-refractivity contribution is -0.140. The first-order valence-electron chi connectivity index (χ1n) is 10.3. The SMILES string of the molecule is Cc1nn(C)c(C)c1/C(O)=C1\C(=O)C(=O)N(CCCn2ccnc2)[C@@H]1c1ccccc1F. The highest BCUT2D eigenvalue weighted by atomic mass is 19.1. The summed E-state index contributed by atoms with van der Waals surface area (Å²) in [5.41, 5.74) is 1.57. The van der Waals surface area contributed by atoms with Crippen molar-refractivity contribution in [1.82, 2.24) is 24.2 Å². The number of aliphatic hydroxyl groups excluding tert-OH is 1. The van der Waals surface area contributed by atoms with Crippen molar-refractivity contribution in [2.45, 2.75) is 32.9 Å². The van der Waals surface area contributed by atoms with Crippen LogP contribution < -0.4 is 0 Å². The van der Waals surface area contributed by atoms with Gasteiger partial charge in [0.1, 0.15) is 11.6 Å². The van der Waals surface area contributed by atoms with Crippen molar-refractivity contribution in [2.75, 3.05) is 6.54 Å². The topological polar surface area (TPSA) is 93.2 Å². The van der Waals surface area contributed by atoms with Gasteiger partial charge in [-0.25, -0.2) is 9.37 Å². The molecule has 1 atom stereocenters. The molecule has 1 aliphatic heterocycles. The Bertz CT molecular complexity index is 1210. The van der Waals surface area contributed by atoms with Gasteiger partial charge < -0.3 is 14.6 Å². The Morgan fingerprint density at radius 2 is 1.94 bits per heavy atom. The van der Waals surface area contributed by atoms with Crippen LogP contribution in [0.15, 0.2) is 48.6 Å². The lowest BCUT2D eigenvalue weighted by Gasteiger charge is -2.25. The molecule has 1 saturated heterocycles. The third-order valence-corrected chi connectivity index (χ3v) is 5.86. The molecule has 0 bridgehead atoms. The second kappa shape index (κ2) is 8.41. The normalized spacial score (nSPS) is 18.0. The fourth-order valence-corrected chi connectivity index (χ4v) is 4.22. The van der Waals surface area contributed by atoms with Crippen LogP contribution in [0.5, 0.6) is 0 Å². The van der Waals surface area contributed by atoms with Crippen molar-refractivity contribution >= 4 is 17.4 Å². The Labute approximate surface area is 184 Å². The van der Waals surface area contributed by atoms with Gasteiger partial charge in [-0.2, -0.15) is 5.10 Å². The summed E-state index contributed by atoms with van der Waals surface area (Å²) < 4.78 is 18.3. The molecular formula is C23H24FN5O3. The fraction of sp³-hybridized carbons (Fsp3) is 0.304. The molecule has 0 spiro atoms. The van der Waals surface area contributed by atoms with Crippen molar-refractivity contribution in [3.05, 3.63) is 76.9 Å². The zero-order valence-electron chi connectivity index (χ0n) is 18.1. The molecule has 0 saturated carbocycles. The molecule has 3 aromatic rings. The van der Waals surface area contributed by atoms with E-state index in [1.165, 1.54) is 17.0 Å². The van der Waals surface area contributed by atoms with Crippen molar-refractivity contribution in [1.29, 1.82) is 0 Å². The quantitative estimate of drug-likeness (QED) is 0.364. The van der Waals surface area contributed by atoms with E-state index in [0.29, 0.717) is 29.9 Å². The van der Waals surface area contributed by atoms with E-state index in [1.54, 1.807) is 56.4 Å². The molecule has 0 radical (unpaired) electrons. The number of aryl methyl sites for hydroxylation is 3. The number of rotatable bonds is 6. The van der Waals surface area contributed by atoms with Gasteiger partial charge in [0.25, 0.3) is 11.7 Å². The van der Waals surface area contributed by atoms with Crippen LogP contribution in [0, 0.1) is 19.7 Å². The Morgan fingerprint density at radius 3 is 2.56 bits per heavy atom. The van der Waals surface area contributed by atoms with E-state index in [9.17, 15) is 19.1 Å². The predicted octanol–water partition coefficient (Wildman–Crippen LogP) is 2.88. The van der Waals surface area contributed by atoms with Crippen molar-refractivity contribution in [2.24, 2.45) is 7.05 Å². The van der Waals surface area contributed by atoms with E-state index in [0.717, 1.165) is 0 Å². The summed E-state index contributed by atoms with van der Waals surface area (Å²) in [7, 11) is 1.72. The molecule has 1 N–H and O–H groups in total. The van der Waals surface area contributed by atoms with Gasteiger partial charge >= 0.3 is 0 Å². The van der Waals surface area contributed by atoms with E-state index in [4.69, 9.17) is 0 Å². The molecule has 1 fully saturated rings. The monoisotopic (exact) mass is 437 g/mol. The number of amides is 1. The van der Waals surface area contributed by atoms with E-state index in [-0.39, 0.29) is 23.4 Å². The van der Waals surface area contributed by atoms with Gasteiger partial charge in [-0.3, -0.25) is 14.3 Å². The number of halogens is 1. The first-order valence-corrected chi connectivity index (χ1v) is 10.3. The van der Waals surface area contributed by atoms with Crippen molar-refractivity contribution in [3.8, 4) is 0 Å². The summed E-state index contributed by atoms with van der Waals surface area (Å²) in [5.74, 6) is -2.48. The molecule has 2 aromatic heterocycles. The number of carbonyl (C=O) groups is 2. The minimum Gasteiger partial charge on any atom is -0.507 e. The number of ketones is 1. The Balaban J connectivity index is 1.80. The maximum atomic E-state index is 14.8. The van der Waals surface area contributed by atoms with Crippen LogP contribution in [-0.4, -0.2) is 47.6 Å². The smallest absolute Gasteiger partial charge is 0.295 e. The number of nitrogens with zero attached hydrogens (tertiary/aromatic N) is 5. The average molecular weight is 437 g/mol. The maximum absolute atomic E-state index is 14.8. The second-order valence-electron chi connectivity index (χ2n) is 7.84. The van der Waals surface area contributed by atoms with E-state index in [1.807, 2.05) is 4.57 Å². The summed E-state index contributed by atoms with van der Waals surface area (Å²) >= 11 is 0.